The van der Waals surface area contributed by atoms with Crippen molar-refractivity contribution < 1.29 is 19.8 Å². The first-order valence-electron chi connectivity index (χ1n) is 12.2. The van der Waals surface area contributed by atoms with Crippen molar-refractivity contribution in [3.05, 3.63) is 113 Å². The number of aromatic hydroxyl groups is 1. The average Bonchev–Trinajstić information content (AvgIpc) is 2.97. The number of benzene rings is 2. The molecule has 5 aromatic rings. The second kappa shape index (κ2) is 11.0. The summed E-state index contributed by atoms with van der Waals surface area (Å²) in [5.74, 6) is -2.55. The maximum atomic E-state index is 14.0. The number of carboxylic acid groups (broad SMARTS) is 1. The number of aromatic nitrogens is 3. The van der Waals surface area contributed by atoms with E-state index in [4.69, 9.17) is 5.11 Å². The van der Waals surface area contributed by atoms with Gasteiger partial charge in [-0.2, -0.15) is 0 Å². The van der Waals surface area contributed by atoms with Crippen molar-refractivity contribution in [2.24, 2.45) is 0 Å². The summed E-state index contributed by atoms with van der Waals surface area (Å²) in [6, 6.07) is 23.7. The zero-order valence-corrected chi connectivity index (χ0v) is 20.7. The summed E-state index contributed by atoms with van der Waals surface area (Å²) in [4.78, 5) is 46.6. The fraction of sp³-hybridized carbons (Fsp3) is 0.100. The standard InChI is InChI=1S/C30H24N4O5/c35-24(36)18-32-29(38)26-28(37)23-16-22(20-10-5-2-6-11-20)30(39)34(15-13-19-8-3-1-4-9-19)27(23)25(33-26)21-12-7-14-31-17-21/h1-12,14,16-17,37H,13,15,18H2,(H,32,38)(H,35,36). The van der Waals surface area contributed by atoms with Gasteiger partial charge in [-0.25, -0.2) is 4.98 Å². The maximum absolute atomic E-state index is 14.0. The highest BCUT2D eigenvalue weighted by molar-refractivity contribution is 6.06. The van der Waals surface area contributed by atoms with E-state index in [1.807, 2.05) is 48.5 Å². The molecule has 194 valence electrons. The predicted octanol–water partition coefficient (Wildman–Crippen LogP) is 3.89. The van der Waals surface area contributed by atoms with Crippen LogP contribution in [-0.2, 0) is 17.8 Å². The number of aryl methyl sites for hydroxylation is 2. The van der Waals surface area contributed by atoms with Crippen molar-refractivity contribution in [3.8, 4) is 28.1 Å². The van der Waals surface area contributed by atoms with Crippen LogP contribution in [0.3, 0.4) is 0 Å². The number of hydrogen-bond acceptors (Lipinski definition) is 6. The van der Waals surface area contributed by atoms with Gasteiger partial charge in [0.2, 0.25) is 0 Å². The van der Waals surface area contributed by atoms with Gasteiger partial charge in [-0.05, 0) is 35.7 Å². The molecule has 3 heterocycles. The second-order valence-corrected chi connectivity index (χ2v) is 8.85. The molecule has 3 aromatic heterocycles. The van der Waals surface area contributed by atoms with E-state index in [0.29, 0.717) is 28.6 Å². The number of carbonyl (C=O) groups is 2. The van der Waals surface area contributed by atoms with Gasteiger partial charge in [-0.1, -0.05) is 60.7 Å². The molecule has 0 radical (unpaired) electrons. The van der Waals surface area contributed by atoms with E-state index in [9.17, 15) is 19.5 Å². The minimum Gasteiger partial charge on any atom is -0.505 e. The summed E-state index contributed by atoms with van der Waals surface area (Å²) in [5.41, 5.74) is 2.51. The van der Waals surface area contributed by atoms with Gasteiger partial charge in [0, 0.05) is 35.5 Å². The van der Waals surface area contributed by atoms with Crippen LogP contribution in [0.4, 0.5) is 0 Å². The smallest absolute Gasteiger partial charge is 0.322 e. The van der Waals surface area contributed by atoms with Gasteiger partial charge < -0.3 is 20.1 Å². The Kier molecular flexibility index (Phi) is 7.13. The third-order valence-corrected chi connectivity index (χ3v) is 6.32. The number of fused-ring (bicyclic) bond motifs is 1. The highest BCUT2D eigenvalue weighted by atomic mass is 16.4. The zero-order chi connectivity index (χ0) is 27.4. The summed E-state index contributed by atoms with van der Waals surface area (Å²) in [5, 5.41) is 22.8. The number of pyridine rings is 3. The van der Waals surface area contributed by atoms with Crippen molar-refractivity contribution in [1.82, 2.24) is 19.9 Å². The Labute approximate surface area is 223 Å². The van der Waals surface area contributed by atoms with E-state index in [1.165, 1.54) is 0 Å². The first-order valence-corrected chi connectivity index (χ1v) is 12.2. The molecule has 5 rings (SSSR count). The lowest BCUT2D eigenvalue weighted by atomic mass is 10.0. The predicted molar refractivity (Wildman–Crippen MR) is 146 cm³/mol. The van der Waals surface area contributed by atoms with Crippen LogP contribution in [0.15, 0.2) is 96.1 Å². The number of carbonyl (C=O) groups excluding carboxylic acids is 1. The van der Waals surface area contributed by atoms with Crippen LogP contribution in [0.25, 0.3) is 33.3 Å². The van der Waals surface area contributed by atoms with Gasteiger partial charge in [0.15, 0.2) is 11.4 Å². The first-order chi connectivity index (χ1) is 18.9. The molecule has 0 fully saturated rings. The lowest BCUT2D eigenvalue weighted by Gasteiger charge is -2.18. The fourth-order valence-corrected chi connectivity index (χ4v) is 4.47. The van der Waals surface area contributed by atoms with Crippen LogP contribution in [0.5, 0.6) is 5.75 Å². The molecule has 0 aliphatic heterocycles. The number of nitrogens with one attached hydrogen (secondary N) is 1. The molecule has 0 saturated carbocycles. The number of rotatable bonds is 8. The Morgan fingerprint density at radius 2 is 1.62 bits per heavy atom. The molecule has 3 N–H and O–H groups in total. The highest BCUT2D eigenvalue weighted by Crippen LogP contribution is 2.36. The average molecular weight is 521 g/mol. The van der Waals surface area contributed by atoms with Crippen molar-refractivity contribution >= 4 is 22.8 Å². The van der Waals surface area contributed by atoms with Crippen molar-refractivity contribution in [2.45, 2.75) is 13.0 Å². The van der Waals surface area contributed by atoms with E-state index in [-0.39, 0.29) is 28.9 Å². The molecule has 0 unspecified atom stereocenters. The molecular formula is C30H24N4O5. The van der Waals surface area contributed by atoms with Crippen LogP contribution < -0.4 is 10.9 Å². The molecular weight excluding hydrogens is 496 g/mol. The molecule has 0 atom stereocenters. The van der Waals surface area contributed by atoms with Crippen LogP contribution in [-0.4, -0.2) is 43.2 Å². The Morgan fingerprint density at radius 1 is 0.923 bits per heavy atom. The number of hydrogen-bond donors (Lipinski definition) is 3. The molecule has 0 aliphatic carbocycles. The summed E-state index contributed by atoms with van der Waals surface area (Å²) in [6.07, 6.45) is 3.67. The molecule has 0 saturated heterocycles. The molecule has 9 heteroatoms. The molecule has 2 aromatic carbocycles. The molecule has 1 amide bonds. The lowest BCUT2D eigenvalue weighted by molar-refractivity contribution is -0.135. The van der Waals surface area contributed by atoms with Crippen molar-refractivity contribution in [1.29, 1.82) is 0 Å². The zero-order valence-electron chi connectivity index (χ0n) is 20.7. The normalized spacial score (nSPS) is 10.9. The Balaban J connectivity index is 1.81. The Bertz CT molecular complexity index is 1720. The lowest BCUT2D eigenvalue weighted by Crippen LogP contribution is -2.30. The van der Waals surface area contributed by atoms with Gasteiger partial charge in [-0.15, -0.1) is 0 Å². The monoisotopic (exact) mass is 520 g/mol. The van der Waals surface area contributed by atoms with Gasteiger partial charge in [0.25, 0.3) is 11.5 Å². The third kappa shape index (κ3) is 5.24. The van der Waals surface area contributed by atoms with Gasteiger partial charge >= 0.3 is 5.97 Å². The minimum absolute atomic E-state index is 0.232. The number of aliphatic carboxylic acids is 1. The van der Waals surface area contributed by atoms with Crippen molar-refractivity contribution in [2.75, 3.05) is 6.54 Å². The summed E-state index contributed by atoms with van der Waals surface area (Å²) in [6.45, 7) is -0.370. The fourth-order valence-electron chi connectivity index (χ4n) is 4.47. The summed E-state index contributed by atoms with van der Waals surface area (Å²) < 4.78 is 1.57. The van der Waals surface area contributed by atoms with Gasteiger partial charge in [-0.3, -0.25) is 19.4 Å². The van der Waals surface area contributed by atoms with E-state index >= 15 is 0 Å². The largest absolute Gasteiger partial charge is 0.505 e. The van der Waals surface area contributed by atoms with E-state index < -0.39 is 24.2 Å². The highest BCUT2D eigenvalue weighted by Gasteiger charge is 2.24. The SMILES string of the molecule is O=C(O)CNC(=O)c1nc(-c2cccnc2)c2c(cc(-c3ccccc3)c(=O)n2CCc2ccccc2)c1O. The quantitative estimate of drug-likeness (QED) is 0.283. The maximum Gasteiger partial charge on any atom is 0.322 e. The topological polar surface area (TPSA) is 134 Å². The van der Waals surface area contributed by atoms with Crippen molar-refractivity contribution in [3.63, 3.8) is 0 Å². The van der Waals surface area contributed by atoms with Crippen LogP contribution >= 0.6 is 0 Å². The van der Waals surface area contributed by atoms with Crippen LogP contribution in [0, 0.1) is 0 Å². The van der Waals surface area contributed by atoms with Crippen LogP contribution in [0.1, 0.15) is 16.1 Å². The third-order valence-electron chi connectivity index (χ3n) is 6.32. The number of amides is 1. The van der Waals surface area contributed by atoms with Gasteiger partial charge in [0.1, 0.15) is 6.54 Å². The Morgan fingerprint density at radius 3 is 2.28 bits per heavy atom. The molecule has 9 nitrogen and oxygen atoms in total. The molecule has 39 heavy (non-hydrogen) atoms. The molecule has 0 bridgehead atoms. The van der Waals surface area contributed by atoms with E-state index in [1.54, 1.807) is 47.3 Å². The number of carboxylic acids is 1. The van der Waals surface area contributed by atoms with E-state index in [2.05, 4.69) is 15.3 Å². The number of nitrogens with zero attached hydrogens (tertiary/aromatic N) is 3. The Hall–Kier alpha value is -5.31. The molecule has 0 spiro atoms. The first kappa shape index (κ1) is 25.3. The molecule has 0 aliphatic rings. The summed E-state index contributed by atoms with van der Waals surface area (Å²) in [7, 11) is 0. The minimum atomic E-state index is -1.24. The van der Waals surface area contributed by atoms with E-state index in [0.717, 1.165) is 5.56 Å². The second-order valence-electron chi connectivity index (χ2n) is 8.85. The van der Waals surface area contributed by atoms with Crippen LogP contribution in [0.2, 0.25) is 0 Å². The van der Waals surface area contributed by atoms with Gasteiger partial charge in [0.05, 0.1) is 11.2 Å². The summed E-state index contributed by atoms with van der Waals surface area (Å²) >= 11 is 0.